The van der Waals surface area contributed by atoms with Crippen molar-refractivity contribution >= 4 is 23.7 Å². The van der Waals surface area contributed by atoms with Crippen LogP contribution in [0.15, 0.2) is 24.8 Å². The van der Waals surface area contributed by atoms with Gasteiger partial charge in [0, 0.05) is 25.4 Å². The maximum atomic E-state index is 12.1. The van der Waals surface area contributed by atoms with Crippen molar-refractivity contribution in [3.05, 3.63) is 35.9 Å². The monoisotopic (exact) mass is 300 g/mol. The summed E-state index contributed by atoms with van der Waals surface area (Å²) in [5, 5.41) is 8.63. The molecule has 0 radical (unpaired) electrons. The van der Waals surface area contributed by atoms with Gasteiger partial charge in [-0.3, -0.25) is 29.6 Å². The third-order valence-electron chi connectivity index (χ3n) is 3.23. The fourth-order valence-corrected chi connectivity index (χ4v) is 2.20. The molecular formula is C13H12N6O3. The van der Waals surface area contributed by atoms with Crippen LogP contribution in [0.4, 0.5) is 5.95 Å². The Kier molecular flexibility index (Phi) is 3.60. The SMILES string of the molecule is O=C(CCCN1C(=O)c2ccncc2C1=O)Nc1ncn[nH]1. The number of H-pyrrole nitrogens is 1. The van der Waals surface area contributed by atoms with Crippen LogP contribution in [-0.4, -0.2) is 49.3 Å². The summed E-state index contributed by atoms with van der Waals surface area (Å²) in [5.41, 5.74) is 0.657. The number of carbonyl (C=O) groups is 3. The Morgan fingerprint density at radius 1 is 1.27 bits per heavy atom. The molecule has 2 aromatic rings. The quantitative estimate of drug-likeness (QED) is 0.762. The lowest BCUT2D eigenvalue weighted by atomic mass is 10.2. The van der Waals surface area contributed by atoms with Crippen molar-refractivity contribution in [1.82, 2.24) is 25.1 Å². The molecule has 9 heteroatoms. The van der Waals surface area contributed by atoms with Crippen LogP contribution in [0.2, 0.25) is 0 Å². The average molecular weight is 300 g/mol. The molecule has 0 aliphatic carbocycles. The fourth-order valence-electron chi connectivity index (χ4n) is 2.20. The predicted molar refractivity (Wildman–Crippen MR) is 73.9 cm³/mol. The Morgan fingerprint density at radius 2 is 2.09 bits per heavy atom. The molecule has 0 bridgehead atoms. The van der Waals surface area contributed by atoms with E-state index in [0.717, 1.165) is 4.90 Å². The number of nitrogens with one attached hydrogen (secondary N) is 2. The number of anilines is 1. The molecule has 3 heterocycles. The standard InChI is InChI=1S/C13H12N6O3/c20-10(17-13-15-7-16-18-13)2-1-5-19-11(21)8-3-4-14-6-9(8)12(19)22/h3-4,6-7H,1-2,5H2,(H2,15,16,17,18,20). The molecule has 1 aliphatic rings. The Balaban J connectivity index is 1.54. The first-order valence-electron chi connectivity index (χ1n) is 6.62. The number of hydrogen-bond donors (Lipinski definition) is 2. The van der Waals surface area contributed by atoms with E-state index in [1.807, 2.05) is 0 Å². The molecule has 3 rings (SSSR count). The van der Waals surface area contributed by atoms with E-state index in [-0.39, 0.29) is 36.6 Å². The van der Waals surface area contributed by atoms with Gasteiger partial charge in [-0.15, -0.1) is 0 Å². The van der Waals surface area contributed by atoms with Gasteiger partial charge in [-0.1, -0.05) is 0 Å². The van der Waals surface area contributed by atoms with Gasteiger partial charge in [0.2, 0.25) is 11.9 Å². The van der Waals surface area contributed by atoms with Crippen LogP contribution in [0.25, 0.3) is 0 Å². The second kappa shape index (κ2) is 5.72. The zero-order valence-corrected chi connectivity index (χ0v) is 11.4. The summed E-state index contributed by atoms with van der Waals surface area (Å²) in [7, 11) is 0. The van der Waals surface area contributed by atoms with Crippen molar-refractivity contribution in [3.63, 3.8) is 0 Å². The van der Waals surface area contributed by atoms with Gasteiger partial charge in [0.15, 0.2) is 0 Å². The maximum absolute atomic E-state index is 12.1. The highest BCUT2D eigenvalue weighted by atomic mass is 16.2. The van der Waals surface area contributed by atoms with E-state index in [2.05, 4.69) is 25.5 Å². The Labute approximate surface area is 124 Å². The molecule has 0 spiro atoms. The zero-order valence-electron chi connectivity index (χ0n) is 11.4. The van der Waals surface area contributed by atoms with Crippen molar-refractivity contribution in [2.75, 3.05) is 11.9 Å². The highest BCUT2D eigenvalue weighted by Crippen LogP contribution is 2.21. The van der Waals surface area contributed by atoms with E-state index in [1.165, 1.54) is 24.8 Å². The number of rotatable bonds is 5. The molecule has 2 aromatic heterocycles. The van der Waals surface area contributed by atoms with Crippen molar-refractivity contribution in [1.29, 1.82) is 0 Å². The molecule has 0 atom stereocenters. The molecule has 0 unspecified atom stereocenters. The van der Waals surface area contributed by atoms with Crippen LogP contribution in [0.1, 0.15) is 33.6 Å². The number of hydrogen-bond acceptors (Lipinski definition) is 6. The van der Waals surface area contributed by atoms with Gasteiger partial charge in [-0.2, -0.15) is 10.1 Å². The summed E-state index contributed by atoms with van der Waals surface area (Å²) < 4.78 is 0. The van der Waals surface area contributed by atoms with Crippen LogP contribution in [0, 0.1) is 0 Å². The minimum Gasteiger partial charge on any atom is -0.295 e. The summed E-state index contributed by atoms with van der Waals surface area (Å²) in [5.74, 6) is -0.728. The summed E-state index contributed by atoms with van der Waals surface area (Å²) in [6.45, 7) is 0.177. The van der Waals surface area contributed by atoms with Gasteiger partial charge < -0.3 is 0 Å². The van der Waals surface area contributed by atoms with E-state index in [4.69, 9.17) is 0 Å². The highest BCUT2D eigenvalue weighted by Gasteiger charge is 2.35. The first-order chi connectivity index (χ1) is 10.7. The lowest BCUT2D eigenvalue weighted by Gasteiger charge is -2.13. The molecule has 1 aliphatic heterocycles. The van der Waals surface area contributed by atoms with Gasteiger partial charge >= 0.3 is 0 Å². The Bertz CT molecular complexity index is 692. The molecule has 3 amide bonds. The predicted octanol–water partition coefficient (Wildman–Crippen LogP) is 0.215. The number of fused-ring (bicyclic) bond motifs is 1. The molecule has 0 saturated heterocycles. The van der Waals surface area contributed by atoms with E-state index < -0.39 is 0 Å². The molecule has 9 nitrogen and oxygen atoms in total. The normalized spacial score (nSPS) is 13.4. The van der Waals surface area contributed by atoms with Crippen LogP contribution in [0.3, 0.4) is 0 Å². The van der Waals surface area contributed by atoms with Crippen molar-refractivity contribution < 1.29 is 14.4 Å². The number of imide groups is 1. The van der Waals surface area contributed by atoms with Crippen molar-refractivity contribution in [3.8, 4) is 0 Å². The molecule has 112 valence electrons. The third-order valence-corrected chi connectivity index (χ3v) is 3.23. The minimum atomic E-state index is -0.372. The van der Waals surface area contributed by atoms with E-state index in [0.29, 0.717) is 17.5 Å². The lowest BCUT2D eigenvalue weighted by molar-refractivity contribution is -0.116. The van der Waals surface area contributed by atoms with E-state index >= 15 is 0 Å². The molecule has 2 N–H and O–H groups in total. The largest absolute Gasteiger partial charge is 0.295 e. The first-order valence-corrected chi connectivity index (χ1v) is 6.62. The van der Waals surface area contributed by atoms with Crippen LogP contribution in [-0.2, 0) is 4.79 Å². The fraction of sp³-hybridized carbons (Fsp3) is 0.231. The second-order valence-electron chi connectivity index (χ2n) is 4.67. The summed E-state index contributed by atoms with van der Waals surface area (Å²) in [6, 6.07) is 1.52. The molecule has 0 aromatic carbocycles. The number of aromatic nitrogens is 4. The number of carbonyl (C=O) groups excluding carboxylic acids is 3. The molecular weight excluding hydrogens is 288 g/mol. The summed E-state index contributed by atoms with van der Waals surface area (Å²) in [6.07, 6.45) is 4.65. The van der Waals surface area contributed by atoms with Crippen LogP contribution < -0.4 is 5.32 Å². The van der Waals surface area contributed by atoms with Crippen LogP contribution in [0.5, 0.6) is 0 Å². The topological polar surface area (TPSA) is 121 Å². The Morgan fingerprint density at radius 3 is 2.82 bits per heavy atom. The lowest BCUT2D eigenvalue weighted by Crippen LogP contribution is -2.31. The van der Waals surface area contributed by atoms with Gasteiger partial charge in [0.1, 0.15) is 6.33 Å². The number of pyridine rings is 1. The number of aromatic amines is 1. The van der Waals surface area contributed by atoms with Crippen molar-refractivity contribution in [2.45, 2.75) is 12.8 Å². The first kappa shape index (κ1) is 13.9. The van der Waals surface area contributed by atoms with E-state index in [9.17, 15) is 14.4 Å². The molecule has 0 saturated carbocycles. The number of nitrogens with zero attached hydrogens (tertiary/aromatic N) is 4. The summed E-state index contributed by atoms with van der Waals surface area (Å²) >= 11 is 0. The smallest absolute Gasteiger partial charge is 0.263 e. The Hall–Kier alpha value is -3.10. The second-order valence-corrected chi connectivity index (χ2v) is 4.67. The maximum Gasteiger partial charge on any atom is 0.263 e. The van der Waals surface area contributed by atoms with Gasteiger partial charge in [-0.05, 0) is 12.5 Å². The van der Waals surface area contributed by atoms with E-state index in [1.54, 1.807) is 0 Å². The minimum absolute atomic E-state index is 0.159. The van der Waals surface area contributed by atoms with Gasteiger partial charge in [0.05, 0.1) is 11.1 Å². The summed E-state index contributed by atoms with van der Waals surface area (Å²) in [4.78, 5) is 44.6. The van der Waals surface area contributed by atoms with Crippen LogP contribution >= 0.6 is 0 Å². The van der Waals surface area contributed by atoms with Crippen molar-refractivity contribution in [2.24, 2.45) is 0 Å². The van der Waals surface area contributed by atoms with Gasteiger partial charge in [0.25, 0.3) is 11.8 Å². The molecule has 22 heavy (non-hydrogen) atoms. The third kappa shape index (κ3) is 2.55. The molecule has 0 fully saturated rings. The highest BCUT2D eigenvalue weighted by molar-refractivity contribution is 6.21. The average Bonchev–Trinajstić information content (AvgIpc) is 3.10. The number of amides is 3. The van der Waals surface area contributed by atoms with Gasteiger partial charge in [-0.25, -0.2) is 5.10 Å². The zero-order chi connectivity index (χ0) is 15.5.